The average Bonchev–Trinajstić information content (AvgIpc) is 3.23. The molecule has 3 aromatic heterocycles. The summed E-state index contributed by atoms with van der Waals surface area (Å²) in [6.45, 7) is 5.08. The molecule has 2 aromatic carbocycles. The second-order valence-electron chi connectivity index (χ2n) is 8.56. The number of hydrogen-bond acceptors (Lipinski definition) is 6. The lowest BCUT2D eigenvalue weighted by Crippen LogP contribution is -2.06. The van der Waals surface area contributed by atoms with Crippen molar-refractivity contribution in [2.24, 2.45) is 0 Å². The van der Waals surface area contributed by atoms with Crippen molar-refractivity contribution in [1.82, 2.24) is 15.0 Å². The van der Waals surface area contributed by atoms with Crippen LogP contribution in [0.4, 0.5) is 5.82 Å². The smallest absolute Gasteiger partial charge is 0.162 e. The number of hydrogen-bond donors (Lipinski definition) is 1. The monoisotopic (exact) mass is 480 g/mol. The minimum atomic E-state index is 0.691. The molecule has 0 aliphatic rings. The Balaban J connectivity index is 1.57. The average molecular weight is 481 g/mol. The number of aromatic nitrogens is 3. The summed E-state index contributed by atoms with van der Waals surface area (Å²) in [7, 11) is 1.72. The lowest BCUT2D eigenvalue weighted by molar-refractivity contribution is 0.416. The van der Waals surface area contributed by atoms with E-state index < -0.39 is 0 Å². The van der Waals surface area contributed by atoms with Gasteiger partial charge >= 0.3 is 0 Å². The molecule has 0 fully saturated rings. The van der Waals surface area contributed by atoms with Crippen LogP contribution in [-0.4, -0.2) is 28.6 Å². The predicted molar refractivity (Wildman–Crippen MR) is 145 cm³/mol. The zero-order valence-electron chi connectivity index (χ0n) is 20.2. The third-order valence-electron chi connectivity index (χ3n) is 6.05. The molecule has 5 aromatic rings. The molecule has 0 aliphatic heterocycles. The summed E-state index contributed by atoms with van der Waals surface area (Å²) in [6, 6.07) is 20.8. The number of nitrogens with zero attached hydrogens (tertiary/aromatic N) is 3. The number of pyridine rings is 1. The van der Waals surface area contributed by atoms with E-state index in [1.54, 1.807) is 30.8 Å². The highest BCUT2D eigenvalue weighted by Crippen LogP contribution is 2.44. The Morgan fingerprint density at radius 2 is 1.74 bits per heavy atom. The quantitative estimate of drug-likeness (QED) is 0.240. The Kier molecular flexibility index (Phi) is 6.73. The molecular formula is C29H28N4OS. The van der Waals surface area contributed by atoms with Crippen molar-refractivity contribution in [3.05, 3.63) is 89.1 Å². The van der Waals surface area contributed by atoms with Crippen molar-refractivity contribution in [2.45, 2.75) is 26.7 Å². The van der Waals surface area contributed by atoms with Gasteiger partial charge in [0.05, 0.1) is 17.3 Å². The van der Waals surface area contributed by atoms with Crippen molar-refractivity contribution in [1.29, 1.82) is 0 Å². The lowest BCUT2D eigenvalue weighted by Gasteiger charge is -2.12. The van der Waals surface area contributed by atoms with Crippen molar-refractivity contribution in [3.63, 3.8) is 0 Å². The van der Waals surface area contributed by atoms with Crippen LogP contribution < -0.4 is 10.1 Å². The van der Waals surface area contributed by atoms with Gasteiger partial charge in [-0.05, 0) is 56.5 Å². The van der Waals surface area contributed by atoms with Gasteiger partial charge < -0.3 is 10.1 Å². The number of benzene rings is 2. The Hall–Kier alpha value is -3.77. The molecule has 5 rings (SSSR count). The first kappa shape index (κ1) is 23.0. The van der Waals surface area contributed by atoms with E-state index in [1.165, 1.54) is 16.0 Å². The molecule has 0 atom stereocenters. The van der Waals surface area contributed by atoms with E-state index in [4.69, 9.17) is 14.7 Å². The summed E-state index contributed by atoms with van der Waals surface area (Å²) in [6.07, 6.45) is 5.59. The first-order chi connectivity index (χ1) is 17.1. The fraction of sp³-hybridized carbons (Fsp3) is 0.207. The maximum absolute atomic E-state index is 5.73. The van der Waals surface area contributed by atoms with Crippen LogP contribution in [0.5, 0.6) is 5.75 Å². The summed E-state index contributed by atoms with van der Waals surface area (Å²) >= 11 is 1.73. The summed E-state index contributed by atoms with van der Waals surface area (Å²) in [5.74, 6) is 2.41. The molecule has 176 valence electrons. The van der Waals surface area contributed by atoms with Gasteiger partial charge in [0, 0.05) is 40.5 Å². The first-order valence-electron chi connectivity index (χ1n) is 11.8. The molecule has 1 N–H and O–H groups in total. The molecule has 3 heterocycles. The Morgan fingerprint density at radius 3 is 2.51 bits per heavy atom. The second kappa shape index (κ2) is 10.2. The van der Waals surface area contributed by atoms with Crippen molar-refractivity contribution in [3.8, 4) is 28.3 Å². The molecule has 0 aliphatic carbocycles. The molecule has 0 unspecified atom stereocenters. The fourth-order valence-electron chi connectivity index (χ4n) is 4.32. The number of methoxy groups -OCH3 is 1. The molecule has 5 nitrogen and oxygen atoms in total. The first-order valence-corrected chi connectivity index (χ1v) is 12.6. The number of fused-ring (bicyclic) bond motifs is 1. The van der Waals surface area contributed by atoms with Gasteiger partial charge in [-0.1, -0.05) is 42.0 Å². The highest BCUT2D eigenvalue weighted by molar-refractivity contribution is 7.20. The second-order valence-corrected chi connectivity index (χ2v) is 9.79. The molecule has 35 heavy (non-hydrogen) atoms. The van der Waals surface area contributed by atoms with E-state index in [0.29, 0.717) is 5.82 Å². The van der Waals surface area contributed by atoms with Gasteiger partial charge in [-0.15, -0.1) is 11.3 Å². The summed E-state index contributed by atoms with van der Waals surface area (Å²) < 4.78 is 6.80. The number of aryl methyl sites for hydroxylation is 3. The molecule has 0 bridgehead atoms. The zero-order chi connectivity index (χ0) is 24.2. The molecular weight excluding hydrogens is 452 g/mol. The normalized spacial score (nSPS) is 11.1. The summed E-state index contributed by atoms with van der Waals surface area (Å²) in [5.41, 5.74) is 6.59. The Bertz CT molecular complexity index is 1450. The van der Waals surface area contributed by atoms with Crippen LogP contribution in [0.25, 0.3) is 32.7 Å². The van der Waals surface area contributed by atoms with Gasteiger partial charge in [0.25, 0.3) is 0 Å². The van der Waals surface area contributed by atoms with Crippen LogP contribution in [-0.2, 0) is 6.42 Å². The van der Waals surface area contributed by atoms with E-state index in [-0.39, 0.29) is 0 Å². The lowest BCUT2D eigenvalue weighted by atomic mass is 10.0. The largest absolute Gasteiger partial charge is 0.496 e. The predicted octanol–water partition coefficient (Wildman–Crippen LogP) is 7.09. The minimum absolute atomic E-state index is 0.691. The molecule has 0 saturated carbocycles. The van der Waals surface area contributed by atoms with Gasteiger partial charge in [0.2, 0.25) is 0 Å². The van der Waals surface area contributed by atoms with Gasteiger partial charge in [-0.2, -0.15) is 0 Å². The zero-order valence-corrected chi connectivity index (χ0v) is 21.0. The molecule has 6 heteroatoms. The van der Waals surface area contributed by atoms with E-state index in [1.807, 2.05) is 18.2 Å². The van der Waals surface area contributed by atoms with Gasteiger partial charge in [-0.25, -0.2) is 9.97 Å². The van der Waals surface area contributed by atoms with E-state index in [2.05, 4.69) is 66.6 Å². The van der Waals surface area contributed by atoms with Crippen LogP contribution in [0.15, 0.2) is 73.1 Å². The van der Waals surface area contributed by atoms with Gasteiger partial charge in [0.15, 0.2) is 5.82 Å². The van der Waals surface area contributed by atoms with E-state index in [0.717, 1.165) is 57.9 Å². The maximum Gasteiger partial charge on any atom is 0.162 e. The van der Waals surface area contributed by atoms with Crippen LogP contribution in [0.2, 0.25) is 0 Å². The molecule has 0 radical (unpaired) electrons. The maximum atomic E-state index is 5.73. The summed E-state index contributed by atoms with van der Waals surface area (Å²) in [4.78, 5) is 15.4. The molecule has 0 saturated heterocycles. The molecule has 0 spiro atoms. The topological polar surface area (TPSA) is 59.9 Å². The van der Waals surface area contributed by atoms with Crippen molar-refractivity contribution in [2.75, 3.05) is 19.0 Å². The third-order valence-corrected chi connectivity index (χ3v) is 7.15. The summed E-state index contributed by atoms with van der Waals surface area (Å²) in [5, 5.41) is 3.61. The number of thiophene rings is 1. The van der Waals surface area contributed by atoms with E-state index in [9.17, 15) is 0 Å². The van der Waals surface area contributed by atoms with E-state index >= 15 is 0 Å². The highest BCUT2D eigenvalue weighted by Gasteiger charge is 2.21. The van der Waals surface area contributed by atoms with Crippen molar-refractivity contribution < 1.29 is 4.74 Å². The fourth-order valence-corrected chi connectivity index (χ4v) is 5.39. The SMILES string of the molecule is COc1ccc(C)cc1-c1c(C)sc2c(NCCCc3ccccc3)nc(-c3ccncc3)nc12. The van der Waals surface area contributed by atoms with Crippen LogP contribution in [0.3, 0.4) is 0 Å². The number of ether oxygens (including phenoxy) is 1. The van der Waals surface area contributed by atoms with Gasteiger partial charge in [-0.3, -0.25) is 4.98 Å². The highest BCUT2D eigenvalue weighted by atomic mass is 32.1. The number of rotatable bonds is 8. The Morgan fingerprint density at radius 1 is 0.943 bits per heavy atom. The number of anilines is 1. The van der Waals surface area contributed by atoms with Crippen LogP contribution >= 0.6 is 11.3 Å². The molecule has 0 amide bonds. The Labute approximate surface area is 209 Å². The minimum Gasteiger partial charge on any atom is -0.496 e. The van der Waals surface area contributed by atoms with Crippen molar-refractivity contribution >= 4 is 27.4 Å². The third kappa shape index (κ3) is 4.88. The van der Waals surface area contributed by atoms with Crippen LogP contribution in [0, 0.1) is 13.8 Å². The standard InChI is InChI=1S/C29H28N4OS/c1-19-11-12-24(34-3)23(18-19)25-20(2)35-27-26(25)32-28(22-13-16-30-17-14-22)33-29(27)31-15-7-10-21-8-5-4-6-9-21/h4-6,8-9,11-14,16-18H,7,10,15H2,1-3H3,(H,31,32,33). The van der Waals surface area contributed by atoms with Crippen LogP contribution in [0.1, 0.15) is 22.4 Å². The number of nitrogens with one attached hydrogen (secondary N) is 1. The van der Waals surface area contributed by atoms with Gasteiger partial charge in [0.1, 0.15) is 11.6 Å².